The maximum atomic E-state index is 12.9. The van der Waals surface area contributed by atoms with E-state index < -0.39 is 0 Å². The van der Waals surface area contributed by atoms with Crippen LogP contribution in [0.15, 0.2) is 48.5 Å². The number of carbonyl (C=O) groups excluding carboxylic acids is 2. The molecule has 3 rings (SSSR count). The van der Waals surface area contributed by atoms with Gasteiger partial charge in [-0.2, -0.15) is 0 Å². The van der Waals surface area contributed by atoms with E-state index in [9.17, 15) is 14.0 Å². The molecule has 7 heteroatoms. The van der Waals surface area contributed by atoms with Gasteiger partial charge in [-0.15, -0.1) is 0 Å². The summed E-state index contributed by atoms with van der Waals surface area (Å²) >= 11 is 0. The number of rotatable bonds is 4. The molecule has 0 radical (unpaired) electrons. The van der Waals surface area contributed by atoms with Crippen molar-refractivity contribution in [1.82, 2.24) is 15.3 Å². The number of amides is 2. The maximum Gasteiger partial charge on any atom is 0.265 e. The summed E-state index contributed by atoms with van der Waals surface area (Å²) in [6, 6.07) is 12.9. The molecule has 6 nitrogen and oxygen atoms in total. The van der Waals surface area contributed by atoms with E-state index in [1.807, 2.05) is 43.3 Å². The van der Waals surface area contributed by atoms with E-state index in [4.69, 9.17) is 0 Å². The Bertz CT molecular complexity index is 798. The summed E-state index contributed by atoms with van der Waals surface area (Å²) in [5.74, 6) is -0.670. The normalized spacial score (nSPS) is 14.7. The lowest BCUT2D eigenvalue weighted by atomic mass is 10.1. The highest BCUT2D eigenvalue weighted by Gasteiger charge is 2.23. The third-order valence-corrected chi connectivity index (χ3v) is 4.56. The third-order valence-electron chi connectivity index (χ3n) is 4.56. The summed E-state index contributed by atoms with van der Waals surface area (Å²) in [6.45, 7) is 2.12. The molecule has 0 aromatic heterocycles. The third kappa shape index (κ3) is 4.62. The van der Waals surface area contributed by atoms with E-state index in [0.29, 0.717) is 37.3 Å². The van der Waals surface area contributed by atoms with Crippen molar-refractivity contribution in [3.8, 4) is 0 Å². The summed E-state index contributed by atoms with van der Waals surface area (Å²) in [5, 5.41) is 1.78. The average Bonchev–Trinajstić information content (AvgIpc) is 2.68. The van der Waals surface area contributed by atoms with Gasteiger partial charge in [-0.05, 0) is 48.5 Å². The maximum absolute atomic E-state index is 12.9. The Morgan fingerprint density at radius 2 is 1.44 bits per heavy atom. The van der Waals surface area contributed by atoms with Crippen LogP contribution < -0.4 is 10.3 Å². The molecular formula is C20H23FN4O2. The quantitative estimate of drug-likeness (QED) is 0.894. The first kappa shape index (κ1) is 18.8. The molecule has 0 aliphatic carbocycles. The minimum absolute atomic E-state index is 0.00943. The van der Waals surface area contributed by atoms with Crippen LogP contribution in [0.1, 0.15) is 20.7 Å². The van der Waals surface area contributed by atoms with Gasteiger partial charge >= 0.3 is 0 Å². The summed E-state index contributed by atoms with van der Waals surface area (Å²) in [4.78, 5) is 28.6. The zero-order valence-corrected chi connectivity index (χ0v) is 15.5. The lowest BCUT2D eigenvalue weighted by Crippen LogP contribution is -2.54. The number of anilines is 1. The summed E-state index contributed by atoms with van der Waals surface area (Å²) < 4.78 is 12.9. The molecule has 1 fully saturated rings. The van der Waals surface area contributed by atoms with Crippen LogP contribution in [0.2, 0.25) is 0 Å². The lowest BCUT2D eigenvalue weighted by Gasteiger charge is -2.34. The molecule has 0 unspecified atom stereocenters. The minimum Gasteiger partial charge on any atom is -0.378 e. The fraction of sp³-hybridized carbons (Fsp3) is 0.300. The number of nitrogens with one attached hydrogen (secondary N) is 1. The molecule has 1 aliphatic heterocycles. The number of halogens is 1. The molecule has 0 bridgehead atoms. The molecule has 2 aromatic rings. The first-order chi connectivity index (χ1) is 12.9. The Balaban J connectivity index is 1.53. The van der Waals surface area contributed by atoms with Crippen molar-refractivity contribution in [3.63, 3.8) is 0 Å². The van der Waals surface area contributed by atoms with E-state index in [-0.39, 0.29) is 17.6 Å². The predicted octanol–water partition coefficient (Wildman–Crippen LogP) is 1.99. The second-order valence-electron chi connectivity index (χ2n) is 6.67. The fourth-order valence-electron chi connectivity index (χ4n) is 2.92. The van der Waals surface area contributed by atoms with Crippen LogP contribution in [-0.2, 0) is 0 Å². The zero-order valence-electron chi connectivity index (χ0n) is 15.5. The van der Waals surface area contributed by atoms with E-state index >= 15 is 0 Å². The number of hydrogen-bond acceptors (Lipinski definition) is 4. The van der Waals surface area contributed by atoms with Crippen molar-refractivity contribution in [3.05, 3.63) is 65.5 Å². The van der Waals surface area contributed by atoms with Crippen LogP contribution in [0.25, 0.3) is 0 Å². The van der Waals surface area contributed by atoms with Crippen molar-refractivity contribution in [2.45, 2.75) is 0 Å². The van der Waals surface area contributed by atoms with Crippen LogP contribution in [0.3, 0.4) is 0 Å². The summed E-state index contributed by atoms with van der Waals surface area (Å²) in [5.41, 5.74) is 4.90. The van der Waals surface area contributed by atoms with Gasteiger partial charge in [0.25, 0.3) is 11.8 Å². The standard InChI is InChI=1S/C20H23FN4O2/c1-23(2)18-9-5-16(6-10-18)20(27)24-11-13-25(14-12-24)22-19(26)15-3-7-17(21)8-4-15/h3-10H,11-14H2,1-2H3,(H,22,26). The number of hydrogen-bond donors (Lipinski definition) is 1. The van der Waals surface area contributed by atoms with Gasteiger partial charge in [0, 0.05) is 57.1 Å². The van der Waals surface area contributed by atoms with Gasteiger partial charge in [-0.3, -0.25) is 15.0 Å². The van der Waals surface area contributed by atoms with Crippen LogP contribution in [0.4, 0.5) is 10.1 Å². The van der Waals surface area contributed by atoms with E-state index in [1.54, 1.807) is 9.91 Å². The average molecular weight is 370 g/mol. The highest BCUT2D eigenvalue weighted by atomic mass is 19.1. The number of nitrogens with zero attached hydrogens (tertiary/aromatic N) is 3. The Hall–Kier alpha value is -2.93. The Kier molecular flexibility index (Phi) is 5.71. The van der Waals surface area contributed by atoms with Crippen LogP contribution in [-0.4, -0.2) is 62.0 Å². The predicted molar refractivity (Wildman–Crippen MR) is 102 cm³/mol. The van der Waals surface area contributed by atoms with Crippen molar-refractivity contribution >= 4 is 17.5 Å². The lowest BCUT2D eigenvalue weighted by molar-refractivity contribution is 0.0505. The van der Waals surface area contributed by atoms with Crippen LogP contribution in [0.5, 0.6) is 0 Å². The van der Waals surface area contributed by atoms with E-state index in [2.05, 4.69) is 5.43 Å². The van der Waals surface area contributed by atoms with Gasteiger partial charge in [0.15, 0.2) is 0 Å². The Labute approximate surface area is 158 Å². The van der Waals surface area contributed by atoms with Crippen LogP contribution >= 0.6 is 0 Å². The number of benzene rings is 2. The zero-order chi connectivity index (χ0) is 19.4. The van der Waals surface area contributed by atoms with Crippen molar-refractivity contribution in [2.75, 3.05) is 45.2 Å². The van der Waals surface area contributed by atoms with Crippen molar-refractivity contribution in [1.29, 1.82) is 0 Å². The Morgan fingerprint density at radius 1 is 0.889 bits per heavy atom. The molecule has 2 amide bonds. The van der Waals surface area contributed by atoms with Crippen molar-refractivity contribution in [2.24, 2.45) is 0 Å². The first-order valence-corrected chi connectivity index (χ1v) is 8.82. The number of hydrazine groups is 1. The second-order valence-corrected chi connectivity index (χ2v) is 6.67. The number of piperazine rings is 1. The number of carbonyl (C=O) groups is 2. The van der Waals surface area contributed by atoms with Gasteiger partial charge < -0.3 is 9.80 Å². The molecule has 0 spiro atoms. The molecular weight excluding hydrogens is 347 g/mol. The van der Waals surface area contributed by atoms with Gasteiger partial charge in [0.1, 0.15) is 5.82 Å². The second kappa shape index (κ2) is 8.18. The van der Waals surface area contributed by atoms with Gasteiger partial charge in [0.05, 0.1) is 0 Å². The highest BCUT2D eigenvalue weighted by molar-refractivity contribution is 5.95. The van der Waals surface area contributed by atoms with Crippen LogP contribution in [0, 0.1) is 5.82 Å². The topological polar surface area (TPSA) is 55.9 Å². The molecule has 0 saturated carbocycles. The molecule has 1 saturated heterocycles. The minimum atomic E-state index is -0.378. The molecule has 1 N–H and O–H groups in total. The smallest absolute Gasteiger partial charge is 0.265 e. The molecule has 1 aliphatic rings. The first-order valence-electron chi connectivity index (χ1n) is 8.82. The molecule has 27 heavy (non-hydrogen) atoms. The highest BCUT2D eigenvalue weighted by Crippen LogP contribution is 2.15. The molecule has 1 heterocycles. The molecule has 2 aromatic carbocycles. The van der Waals surface area contributed by atoms with Crippen molar-refractivity contribution < 1.29 is 14.0 Å². The fourth-order valence-corrected chi connectivity index (χ4v) is 2.92. The Morgan fingerprint density at radius 3 is 2.00 bits per heavy atom. The van der Waals surface area contributed by atoms with Gasteiger partial charge in [-0.1, -0.05) is 0 Å². The SMILES string of the molecule is CN(C)c1ccc(C(=O)N2CCN(NC(=O)c3ccc(F)cc3)CC2)cc1. The monoisotopic (exact) mass is 370 g/mol. The van der Waals surface area contributed by atoms with E-state index in [0.717, 1.165) is 5.69 Å². The molecule has 0 atom stereocenters. The van der Waals surface area contributed by atoms with E-state index in [1.165, 1.54) is 24.3 Å². The largest absolute Gasteiger partial charge is 0.378 e. The summed E-state index contributed by atoms with van der Waals surface area (Å²) in [6.07, 6.45) is 0. The van der Waals surface area contributed by atoms with Gasteiger partial charge in [-0.25, -0.2) is 9.40 Å². The summed E-state index contributed by atoms with van der Waals surface area (Å²) in [7, 11) is 3.91. The molecule has 142 valence electrons. The van der Waals surface area contributed by atoms with Gasteiger partial charge in [0.2, 0.25) is 0 Å².